The Morgan fingerprint density at radius 1 is 1.00 bits per heavy atom. The Morgan fingerprint density at radius 3 is 2.50 bits per heavy atom. The largest absolute Gasteiger partial charge is 0.493 e. The van der Waals surface area contributed by atoms with Crippen LogP contribution in [0, 0.1) is 0 Å². The molecule has 0 saturated heterocycles. The van der Waals surface area contributed by atoms with Gasteiger partial charge in [0.25, 0.3) is 11.8 Å². The highest BCUT2D eigenvalue weighted by atomic mass is 32.1. The molecule has 34 heavy (non-hydrogen) atoms. The molecule has 2 aromatic heterocycles. The minimum atomic E-state index is -0.484. The summed E-state index contributed by atoms with van der Waals surface area (Å²) in [6.07, 6.45) is 2.50. The number of rotatable bonds is 8. The number of hydrogen-bond acceptors (Lipinski definition) is 6. The molecule has 9 heteroatoms. The molecular weight excluding hydrogens is 452 g/mol. The number of benzene rings is 2. The first kappa shape index (κ1) is 23.1. The van der Waals surface area contributed by atoms with Crippen molar-refractivity contribution in [2.24, 2.45) is 0 Å². The van der Waals surface area contributed by atoms with E-state index < -0.39 is 11.8 Å². The van der Waals surface area contributed by atoms with Crippen LogP contribution >= 0.6 is 11.3 Å². The first-order valence-electron chi connectivity index (χ1n) is 10.7. The van der Waals surface area contributed by atoms with Crippen LogP contribution in [-0.4, -0.2) is 35.3 Å². The average Bonchev–Trinajstić information content (AvgIpc) is 3.56. The number of hydrazine groups is 1. The van der Waals surface area contributed by atoms with Gasteiger partial charge in [0.05, 0.1) is 29.8 Å². The fraction of sp³-hybridized carbons (Fsp3) is 0.160. The molecule has 0 atom stereocenters. The lowest BCUT2D eigenvalue weighted by atomic mass is 10.2. The zero-order valence-corrected chi connectivity index (χ0v) is 19.6. The summed E-state index contributed by atoms with van der Waals surface area (Å²) in [4.78, 5) is 26.5. The number of aromatic nitrogens is 2. The van der Waals surface area contributed by atoms with Crippen LogP contribution in [-0.2, 0) is 0 Å². The number of amides is 2. The molecule has 0 unspecified atom stereocenters. The second-order valence-electron chi connectivity index (χ2n) is 7.27. The number of nitrogens with one attached hydrogen (secondary N) is 2. The molecule has 2 heterocycles. The highest BCUT2D eigenvalue weighted by Crippen LogP contribution is 2.29. The molecule has 0 aliphatic heterocycles. The second-order valence-corrected chi connectivity index (χ2v) is 8.22. The fourth-order valence-electron chi connectivity index (χ4n) is 3.24. The van der Waals surface area contributed by atoms with Crippen molar-refractivity contribution >= 4 is 23.2 Å². The van der Waals surface area contributed by atoms with Crippen molar-refractivity contribution in [3.63, 3.8) is 0 Å². The summed E-state index contributed by atoms with van der Waals surface area (Å²) < 4.78 is 12.6. The molecule has 2 amide bonds. The molecule has 0 saturated carbocycles. The van der Waals surface area contributed by atoms with E-state index in [2.05, 4.69) is 16.0 Å². The standard InChI is InChI=1S/C25H24N4O4S/c1-3-13-33-20-12-11-17(15-21(20)32-2)24(30)26-27-25(31)19-16-29(18-8-5-4-6-9-18)28-23(19)22-10-7-14-34-22/h4-12,14-16H,3,13H2,1-2H3,(H,26,30)(H,27,31). The normalized spacial score (nSPS) is 10.5. The minimum absolute atomic E-state index is 0.319. The molecule has 0 bridgehead atoms. The molecule has 2 N–H and O–H groups in total. The lowest BCUT2D eigenvalue weighted by Crippen LogP contribution is -2.41. The van der Waals surface area contributed by atoms with E-state index >= 15 is 0 Å². The quantitative estimate of drug-likeness (QED) is 0.366. The Kier molecular flexibility index (Phi) is 7.24. The van der Waals surface area contributed by atoms with Gasteiger partial charge in [-0.25, -0.2) is 4.68 Å². The van der Waals surface area contributed by atoms with Gasteiger partial charge in [0, 0.05) is 11.8 Å². The van der Waals surface area contributed by atoms with Crippen molar-refractivity contribution in [1.82, 2.24) is 20.6 Å². The van der Waals surface area contributed by atoms with Gasteiger partial charge in [-0.05, 0) is 48.2 Å². The summed E-state index contributed by atoms with van der Waals surface area (Å²) in [6.45, 7) is 2.55. The third-order valence-electron chi connectivity index (χ3n) is 4.91. The molecule has 0 fully saturated rings. The lowest BCUT2D eigenvalue weighted by Gasteiger charge is -2.12. The molecule has 0 spiro atoms. The van der Waals surface area contributed by atoms with Gasteiger partial charge in [-0.2, -0.15) is 5.10 Å². The topological polar surface area (TPSA) is 94.5 Å². The van der Waals surface area contributed by atoms with Crippen LogP contribution in [0.3, 0.4) is 0 Å². The van der Waals surface area contributed by atoms with E-state index in [9.17, 15) is 9.59 Å². The van der Waals surface area contributed by atoms with Crippen LogP contribution in [0.1, 0.15) is 34.1 Å². The van der Waals surface area contributed by atoms with Crippen molar-refractivity contribution in [2.75, 3.05) is 13.7 Å². The predicted molar refractivity (Wildman–Crippen MR) is 131 cm³/mol. The van der Waals surface area contributed by atoms with Crippen LogP contribution in [0.15, 0.2) is 72.2 Å². The summed E-state index contributed by atoms with van der Waals surface area (Å²) >= 11 is 1.48. The summed E-state index contributed by atoms with van der Waals surface area (Å²) in [7, 11) is 1.51. The van der Waals surface area contributed by atoms with Crippen molar-refractivity contribution in [1.29, 1.82) is 0 Å². The summed E-state index contributed by atoms with van der Waals surface area (Å²) in [5.74, 6) is 0.0333. The second kappa shape index (κ2) is 10.7. The number of para-hydroxylation sites is 1. The van der Waals surface area contributed by atoms with Crippen LogP contribution in [0.2, 0.25) is 0 Å². The number of carbonyl (C=O) groups is 2. The first-order chi connectivity index (χ1) is 16.6. The molecule has 0 radical (unpaired) electrons. The molecule has 8 nitrogen and oxygen atoms in total. The van der Waals surface area contributed by atoms with Gasteiger partial charge in [0.15, 0.2) is 11.5 Å². The number of thiophene rings is 1. The van der Waals surface area contributed by atoms with Crippen LogP contribution in [0.5, 0.6) is 11.5 Å². The highest BCUT2D eigenvalue weighted by Gasteiger charge is 2.20. The van der Waals surface area contributed by atoms with Crippen LogP contribution < -0.4 is 20.3 Å². The number of hydrogen-bond donors (Lipinski definition) is 2. The number of ether oxygens (including phenoxy) is 2. The third kappa shape index (κ3) is 5.10. The average molecular weight is 477 g/mol. The van der Waals surface area contributed by atoms with E-state index in [1.807, 2.05) is 54.8 Å². The fourth-order valence-corrected chi connectivity index (χ4v) is 3.96. The van der Waals surface area contributed by atoms with E-state index in [4.69, 9.17) is 9.47 Å². The van der Waals surface area contributed by atoms with Crippen molar-refractivity contribution in [3.05, 3.63) is 83.4 Å². The molecule has 0 aliphatic rings. The van der Waals surface area contributed by atoms with E-state index in [0.717, 1.165) is 17.0 Å². The Hall–Kier alpha value is -4.11. The van der Waals surface area contributed by atoms with Gasteiger partial charge in [-0.1, -0.05) is 31.2 Å². The summed E-state index contributed by atoms with van der Waals surface area (Å²) in [5.41, 5.74) is 6.97. The zero-order valence-electron chi connectivity index (χ0n) is 18.8. The maximum atomic E-state index is 13.0. The first-order valence-corrected chi connectivity index (χ1v) is 11.6. The number of carbonyl (C=O) groups excluding carboxylic acids is 2. The van der Waals surface area contributed by atoms with Gasteiger partial charge in [-0.3, -0.25) is 20.4 Å². The van der Waals surface area contributed by atoms with Crippen molar-refractivity contribution < 1.29 is 19.1 Å². The van der Waals surface area contributed by atoms with Gasteiger partial charge in [0.1, 0.15) is 5.69 Å². The van der Waals surface area contributed by atoms with Crippen LogP contribution in [0.25, 0.3) is 16.3 Å². The van der Waals surface area contributed by atoms with Gasteiger partial charge < -0.3 is 9.47 Å². The van der Waals surface area contributed by atoms with Gasteiger partial charge in [0.2, 0.25) is 0 Å². The maximum absolute atomic E-state index is 13.0. The number of nitrogens with zero attached hydrogens (tertiary/aromatic N) is 2. The Labute approximate surface area is 201 Å². The maximum Gasteiger partial charge on any atom is 0.273 e. The molecule has 4 rings (SSSR count). The van der Waals surface area contributed by atoms with E-state index in [0.29, 0.717) is 34.9 Å². The van der Waals surface area contributed by atoms with Crippen LogP contribution in [0.4, 0.5) is 0 Å². The Bertz CT molecular complexity index is 1270. The molecule has 4 aromatic rings. The SMILES string of the molecule is CCCOc1ccc(C(=O)NNC(=O)c2cn(-c3ccccc3)nc2-c2cccs2)cc1OC. The van der Waals surface area contributed by atoms with E-state index in [-0.39, 0.29) is 0 Å². The zero-order chi connectivity index (χ0) is 23.9. The molecule has 0 aliphatic carbocycles. The van der Waals surface area contributed by atoms with Crippen molar-refractivity contribution in [2.45, 2.75) is 13.3 Å². The summed E-state index contributed by atoms with van der Waals surface area (Å²) in [5, 5.41) is 6.53. The smallest absolute Gasteiger partial charge is 0.273 e. The number of methoxy groups -OCH3 is 1. The molecule has 2 aromatic carbocycles. The van der Waals surface area contributed by atoms with E-state index in [1.165, 1.54) is 18.4 Å². The molecule has 174 valence electrons. The lowest BCUT2D eigenvalue weighted by molar-refractivity contribution is 0.0847. The summed E-state index contributed by atoms with van der Waals surface area (Å²) in [6, 6.07) is 18.1. The minimum Gasteiger partial charge on any atom is -0.493 e. The predicted octanol–water partition coefficient (Wildman–Crippen LogP) is 4.47. The third-order valence-corrected chi connectivity index (χ3v) is 5.79. The van der Waals surface area contributed by atoms with Gasteiger partial charge >= 0.3 is 0 Å². The van der Waals surface area contributed by atoms with Gasteiger partial charge in [-0.15, -0.1) is 11.3 Å². The highest BCUT2D eigenvalue weighted by molar-refractivity contribution is 7.13. The van der Waals surface area contributed by atoms with E-state index in [1.54, 1.807) is 29.1 Å². The molecular formula is C25H24N4O4S. The Balaban J connectivity index is 1.52. The monoisotopic (exact) mass is 476 g/mol. The Morgan fingerprint density at radius 2 is 1.79 bits per heavy atom. The van der Waals surface area contributed by atoms with Crippen molar-refractivity contribution in [3.8, 4) is 27.8 Å².